The number of hydrogen-bond acceptors (Lipinski definition) is 4. The van der Waals surface area contributed by atoms with Gasteiger partial charge in [-0.1, -0.05) is 12.1 Å². The van der Waals surface area contributed by atoms with Gasteiger partial charge in [-0.25, -0.2) is 4.99 Å². The Morgan fingerprint density at radius 2 is 2.06 bits per heavy atom. The summed E-state index contributed by atoms with van der Waals surface area (Å²) in [6, 6.07) is 4.15. The minimum absolute atomic E-state index is 0.0764. The zero-order valence-electron chi connectivity index (χ0n) is 9.28. The zero-order valence-corrected chi connectivity index (χ0v) is 9.28. The van der Waals surface area contributed by atoms with Gasteiger partial charge in [0.25, 0.3) is 5.69 Å². The van der Waals surface area contributed by atoms with Crippen LogP contribution in [0.5, 0.6) is 0 Å². The number of nitrogens with two attached hydrogens (primary N) is 3. The molecule has 0 atom stereocenters. The van der Waals surface area contributed by atoms with E-state index in [2.05, 4.69) is 9.98 Å². The van der Waals surface area contributed by atoms with E-state index in [1.54, 1.807) is 0 Å². The topological polar surface area (TPSA) is 166 Å². The van der Waals surface area contributed by atoms with Gasteiger partial charge in [0.15, 0.2) is 11.6 Å². The van der Waals surface area contributed by atoms with E-state index in [-0.39, 0.29) is 28.9 Å². The fourth-order valence-corrected chi connectivity index (χ4v) is 1.25. The summed E-state index contributed by atoms with van der Waals surface area (Å²) in [5.74, 6) is -0.653. The van der Waals surface area contributed by atoms with E-state index < -0.39 is 11.5 Å². The van der Waals surface area contributed by atoms with Crippen molar-refractivity contribution < 1.29 is 10.0 Å². The maximum atomic E-state index is 10.8. The molecule has 0 fully saturated rings. The van der Waals surface area contributed by atoms with Crippen LogP contribution in [0, 0.1) is 10.1 Å². The second-order valence-corrected chi connectivity index (χ2v) is 3.21. The van der Waals surface area contributed by atoms with Gasteiger partial charge in [-0.15, -0.1) is 0 Å². The van der Waals surface area contributed by atoms with E-state index in [1.807, 2.05) is 0 Å². The maximum absolute atomic E-state index is 10.8. The van der Waals surface area contributed by atoms with Crippen LogP contribution in [-0.2, 0) is 6.61 Å². The molecule has 0 aliphatic carbocycles. The number of nitrogens with zero attached hydrogens (tertiary/aromatic N) is 3. The molecule has 0 saturated heterocycles. The number of hydrogen-bond donors (Lipinski definition) is 4. The lowest BCUT2D eigenvalue weighted by Gasteiger charge is -2.03. The third-order valence-electron chi connectivity index (χ3n) is 1.94. The number of aliphatic hydroxyl groups excluding tert-OH is 1. The van der Waals surface area contributed by atoms with Crippen molar-refractivity contribution in [2.45, 2.75) is 6.61 Å². The number of benzene rings is 1. The lowest BCUT2D eigenvalue weighted by molar-refractivity contribution is -0.384. The second kappa shape index (κ2) is 5.59. The van der Waals surface area contributed by atoms with E-state index in [4.69, 9.17) is 22.3 Å². The summed E-state index contributed by atoms with van der Waals surface area (Å²) in [5.41, 5.74) is 15.5. The first-order valence-electron chi connectivity index (χ1n) is 4.76. The molecular formula is C9H12N6O3. The summed E-state index contributed by atoms with van der Waals surface area (Å²) < 4.78 is 0. The number of guanidine groups is 2. The quantitative estimate of drug-likeness (QED) is 0.240. The Labute approximate surface area is 102 Å². The molecule has 0 aliphatic heterocycles. The lowest BCUT2D eigenvalue weighted by Crippen LogP contribution is -2.26. The molecule has 1 aromatic rings. The molecule has 9 heteroatoms. The van der Waals surface area contributed by atoms with Crippen LogP contribution in [0.1, 0.15) is 5.56 Å². The highest BCUT2D eigenvalue weighted by molar-refractivity contribution is 5.94. The Bertz CT molecular complexity index is 521. The van der Waals surface area contributed by atoms with E-state index >= 15 is 0 Å². The van der Waals surface area contributed by atoms with Gasteiger partial charge in [0.1, 0.15) is 0 Å². The van der Waals surface area contributed by atoms with Crippen molar-refractivity contribution in [3.8, 4) is 0 Å². The SMILES string of the molecule is NC(N)=NC(N)=Nc1c(CO)cccc1[N+](=O)[O-]. The molecule has 18 heavy (non-hydrogen) atoms. The fourth-order valence-electron chi connectivity index (χ4n) is 1.25. The van der Waals surface area contributed by atoms with Crippen molar-refractivity contribution in [2.75, 3.05) is 0 Å². The standard InChI is InChI=1S/C9H12N6O3/c10-8(11)14-9(12)13-7-5(4-16)2-1-3-6(7)15(17)18/h1-3,16H,4H2,(H6,10,11,12,13,14). The molecule has 7 N–H and O–H groups in total. The summed E-state index contributed by atoms with van der Waals surface area (Å²) >= 11 is 0. The molecule has 0 bridgehead atoms. The van der Waals surface area contributed by atoms with E-state index in [1.165, 1.54) is 18.2 Å². The number of para-hydroxylation sites is 1. The van der Waals surface area contributed by atoms with Crippen molar-refractivity contribution in [1.29, 1.82) is 0 Å². The van der Waals surface area contributed by atoms with Crippen LogP contribution in [-0.4, -0.2) is 21.9 Å². The molecule has 1 aromatic carbocycles. The van der Waals surface area contributed by atoms with Crippen LogP contribution >= 0.6 is 0 Å². The smallest absolute Gasteiger partial charge is 0.295 e. The highest BCUT2D eigenvalue weighted by atomic mass is 16.6. The minimum atomic E-state index is -0.638. The Balaban J connectivity index is 3.37. The highest BCUT2D eigenvalue weighted by Crippen LogP contribution is 2.31. The van der Waals surface area contributed by atoms with Crippen LogP contribution in [0.2, 0.25) is 0 Å². The number of nitro groups is 1. The minimum Gasteiger partial charge on any atom is -0.392 e. The lowest BCUT2D eigenvalue weighted by atomic mass is 10.1. The number of rotatable bonds is 3. The summed E-state index contributed by atoms with van der Waals surface area (Å²) in [6.07, 6.45) is 0. The van der Waals surface area contributed by atoms with Gasteiger partial charge in [-0.2, -0.15) is 4.99 Å². The molecule has 0 aromatic heterocycles. The first-order valence-corrected chi connectivity index (χ1v) is 4.76. The van der Waals surface area contributed by atoms with Crippen LogP contribution in [0.25, 0.3) is 0 Å². The monoisotopic (exact) mass is 252 g/mol. The van der Waals surface area contributed by atoms with Crippen molar-refractivity contribution in [2.24, 2.45) is 27.2 Å². The zero-order chi connectivity index (χ0) is 13.7. The maximum Gasteiger partial charge on any atom is 0.295 e. The van der Waals surface area contributed by atoms with E-state index in [0.29, 0.717) is 0 Å². The van der Waals surface area contributed by atoms with Gasteiger partial charge in [-0.3, -0.25) is 10.1 Å². The fraction of sp³-hybridized carbons (Fsp3) is 0.111. The second-order valence-electron chi connectivity index (χ2n) is 3.21. The van der Waals surface area contributed by atoms with Crippen molar-refractivity contribution >= 4 is 23.3 Å². The van der Waals surface area contributed by atoms with E-state index in [0.717, 1.165) is 0 Å². The van der Waals surface area contributed by atoms with Crippen LogP contribution in [0.15, 0.2) is 28.2 Å². The van der Waals surface area contributed by atoms with Crippen molar-refractivity contribution in [1.82, 2.24) is 0 Å². The molecule has 1 rings (SSSR count). The number of aliphatic hydroxyl groups is 1. The predicted molar refractivity (Wildman–Crippen MR) is 66.1 cm³/mol. The average Bonchev–Trinajstić information content (AvgIpc) is 2.27. The van der Waals surface area contributed by atoms with Gasteiger partial charge >= 0.3 is 0 Å². The third-order valence-corrected chi connectivity index (χ3v) is 1.94. The molecule has 9 nitrogen and oxygen atoms in total. The largest absolute Gasteiger partial charge is 0.392 e. The van der Waals surface area contributed by atoms with Gasteiger partial charge < -0.3 is 22.3 Å². The Hall–Kier alpha value is -2.68. The Morgan fingerprint density at radius 1 is 1.39 bits per heavy atom. The average molecular weight is 252 g/mol. The summed E-state index contributed by atoms with van der Waals surface area (Å²) in [6.45, 7) is -0.421. The first kappa shape index (κ1) is 13.4. The summed E-state index contributed by atoms with van der Waals surface area (Å²) in [7, 11) is 0. The molecule has 0 spiro atoms. The van der Waals surface area contributed by atoms with Gasteiger partial charge in [0, 0.05) is 11.6 Å². The van der Waals surface area contributed by atoms with Gasteiger partial charge in [0.05, 0.1) is 11.5 Å². The van der Waals surface area contributed by atoms with Crippen LogP contribution in [0.4, 0.5) is 11.4 Å². The van der Waals surface area contributed by atoms with Gasteiger partial charge in [-0.05, 0) is 0 Å². The number of aliphatic imine (C=N–C) groups is 2. The molecule has 0 heterocycles. The molecule has 0 amide bonds. The molecule has 0 saturated carbocycles. The molecule has 0 unspecified atom stereocenters. The van der Waals surface area contributed by atoms with Crippen molar-refractivity contribution in [3.05, 3.63) is 33.9 Å². The first-order chi connectivity index (χ1) is 8.45. The number of nitro benzene ring substituents is 1. The van der Waals surface area contributed by atoms with Crippen LogP contribution in [0.3, 0.4) is 0 Å². The Morgan fingerprint density at radius 3 is 2.56 bits per heavy atom. The summed E-state index contributed by atoms with van der Waals surface area (Å²) in [4.78, 5) is 17.4. The van der Waals surface area contributed by atoms with E-state index in [9.17, 15) is 10.1 Å². The third kappa shape index (κ3) is 3.15. The molecule has 96 valence electrons. The predicted octanol–water partition coefficient (Wildman–Crippen LogP) is -0.693. The highest BCUT2D eigenvalue weighted by Gasteiger charge is 2.16. The molecule has 0 radical (unpaired) electrons. The Kier molecular flexibility index (Phi) is 4.16. The normalized spacial score (nSPS) is 11.1. The molecule has 0 aliphatic rings. The van der Waals surface area contributed by atoms with Crippen molar-refractivity contribution in [3.63, 3.8) is 0 Å². The molecular weight excluding hydrogens is 240 g/mol. The summed E-state index contributed by atoms with van der Waals surface area (Å²) in [5, 5.41) is 19.9. The van der Waals surface area contributed by atoms with Crippen LogP contribution < -0.4 is 17.2 Å². The van der Waals surface area contributed by atoms with Gasteiger partial charge in [0.2, 0.25) is 5.96 Å².